The van der Waals surface area contributed by atoms with Crippen LogP contribution < -0.4 is 5.32 Å². The molecule has 1 aromatic heterocycles. The number of nitro groups is 1. The van der Waals surface area contributed by atoms with Crippen LogP contribution in [-0.2, 0) is 11.2 Å². The summed E-state index contributed by atoms with van der Waals surface area (Å²) in [4.78, 5) is 27.0. The van der Waals surface area contributed by atoms with Crippen molar-refractivity contribution in [2.75, 3.05) is 11.1 Å². The number of hydrogen-bond donors (Lipinski definition) is 2. The number of nitrogens with one attached hydrogen (secondary N) is 2. The number of aryl methyl sites for hydroxylation is 2. The lowest BCUT2D eigenvalue weighted by Crippen LogP contribution is -2.15. The summed E-state index contributed by atoms with van der Waals surface area (Å²) in [6.45, 7) is 1.79. The molecule has 0 radical (unpaired) electrons. The Hall–Kier alpha value is -2.42. The van der Waals surface area contributed by atoms with Crippen molar-refractivity contribution in [2.45, 2.75) is 50.6 Å². The number of nitrogens with zero attached hydrogens (tertiary/aromatic N) is 3. The van der Waals surface area contributed by atoms with Gasteiger partial charge < -0.3 is 5.32 Å². The lowest BCUT2D eigenvalue weighted by molar-refractivity contribution is -0.384. The Labute approximate surface area is 161 Å². The van der Waals surface area contributed by atoms with Crippen LogP contribution in [0.1, 0.15) is 43.5 Å². The first kappa shape index (κ1) is 19.3. The molecule has 2 aromatic rings. The first-order chi connectivity index (χ1) is 13.0. The van der Waals surface area contributed by atoms with Crippen LogP contribution in [0.25, 0.3) is 0 Å². The summed E-state index contributed by atoms with van der Waals surface area (Å²) in [5.74, 6) is 1.55. The molecule has 1 aliphatic carbocycles. The van der Waals surface area contributed by atoms with Gasteiger partial charge in [0.2, 0.25) is 11.1 Å². The molecule has 1 aliphatic rings. The molecule has 8 nitrogen and oxygen atoms in total. The highest BCUT2D eigenvalue weighted by Gasteiger charge is 2.16. The highest BCUT2D eigenvalue weighted by molar-refractivity contribution is 7.99. The number of rotatable bonds is 8. The van der Waals surface area contributed by atoms with Gasteiger partial charge in [0.05, 0.1) is 16.4 Å². The van der Waals surface area contributed by atoms with E-state index in [1.165, 1.54) is 49.6 Å². The SMILES string of the molecule is Cc1ccc([N+](=O)[O-])cc1NC(=O)CSc1n[nH]c(CCC2CCCC2)n1. The number of non-ortho nitro benzene ring substituents is 1. The third kappa shape index (κ3) is 5.53. The third-order valence-electron chi connectivity index (χ3n) is 4.81. The number of amides is 1. The maximum Gasteiger partial charge on any atom is 0.271 e. The molecular formula is C18H23N5O3S. The topological polar surface area (TPSA) is 114 Å². The van der Waals surface area contributed by atoms with E-state index in [2.05, 4.69) is 20.5 Å². The number of aromatic nitrogens is 3. The Bertz CT molecular complexity index is 817. The quantitative estimate of drug-likeness (QED) is 0.402. The fourth-order valence-electron chi connectivity index (χ4n) is 3.27. The summed E-state index contributed by atoms with van der Waals surface area (Å²) in [7, 11) is 0. The second-order valence-electron chi connectivity index (χ2n) is 6.85. The van der Waals surface area contributed by atoms with Gasteiger partial charge in [0, 0.05) is 18.6 Å². The van der Waals surface area contributed by atoms with Gasteiger partial charge in [-0.15, -0.1) is 5.10 Å². The highest BCUT2D eigenvalue weighted by atomic mass is 32.2. The van der Waals surface area contributed by atoms with Gasteiger partial charge in [-0.1, -0.05) is 43.5 Å². The average molecular weight is 389 g/mol. The number of hydrogen-bond acceptors (Lipinski definition) is 6. The first-order valence-electron chi connectivity index (χ1n) is 9.10. The van der Waals surface area contributed by atoms with Crippen LogP contribution in [0.15, 0.2) is 23.4 Å². The maximum absolute atomic E-state index is 12.2. The molecule has 3 rings (SSSR count). The Morgan fingerprint density at radius 1 is 1.41 bits per heavy atom. The zero-order valence-electron chi connectivity index (χ0n) is 15.2. The number of carbonyl (C=O) groups is 1. The van der Waals surface area contributed by atoms with Crippen molar-refractivity contribution in [3.8, 4) is 0 Å². The molecule has 1 heterocycles. The van der Waals surface area contributed by atoms with E-state index in [0.717, 1.165) is 30.1 Å². The fraction of sp³-hybridized carbons (Fsp3) is 0.500. The van der Waals surface area contributed by atoms with Crippen molar-refractivity contribution in [2.24, 2.45) is 5.92 Å². The fourth-order valence-corrected chi connectivity index (χ4v) is 3.89. The summed E-state index contributed by atoms with van der Waals surface area (Å²) >= 11 is 1.24. The molecule has 144 valence electrons. The van der Waals surface area contributed by atoms with Crippen molar-refractivity contribution in [1.82, 2.24) is 15.2 Å². The highest BCUT2D eigenvalue weighted by Crippen LogP contribution is 2.28. The minimum absolute atomic E-state index is 0.0515. The zero-order chi connectivity index (χ0) is 19.2. The molecular weight excluding hydrogens is 366 g/mol. The van der Waals surface area contributed by atoms with Gasteiger partial charge in [-0.3, -0.25) is 20.0 Å². The monoisotopic (exact) mass is 389 g/mol. The molecule has 2 N–H and O–H groups in total. The molecule has 1 aromatic carbocycles. The Kier molecular flexibility index (Phi) is 6.44. The number of anilines is 1. The van der Waals surface area contributed by atoms with Crippen molar-refractivity contribution in [3.05, 3.63) is 39.7 Å². The van der Waals surface area contributed by atoms with Gasteiger partial charge in [0.15, 0.2) is 0 Å². The van der Waals surface area contributed by atoms with Crippen molar-refractivity contribution < 1.29 is 9.72 Å². The largest absolute Gasteiger partial charge is 0.325 e. The van der Waals surface area contributed by atoms with Crippen LogP contribution in [0, 0.1) is 23.0 Å². The van der Waals surface area contributed by atoms with Crippen LogP contribution in [0.2, 0.25) is 0 Å². The predicted molar refractivity (Wildman–Crippen MR) is 104 cm³/mol. The van der Waals surface area contributed by atoms with Gasteiger partial charge in [-0.25, -0.2) is 4.98 Å². The standard InChI is InChI=1S/C18H23N5O3S/c1-12-6-8-14(23(25)26)10-15(12)19-17(24)11-27-18-20-16(21-22-18)9-7-13-4-2-3-5-13/h6,8,10,13H,2-5,7,9,11H2,1H3,(H,19,24)(H,20,21,22). The minimum atomic E-state index is -0.482. The molecule has 0 saturated heterocycles. The van der Waals surface area contributed by atoms with Gasteiger partial charge >= 0.3 is 0 Å². The first-order valence-corrected chi connectivity index (χ1v) is 10.1. The van der Waals surface area contributed by atoms with Crippen molar-refractivity contribution in [3.63, 3.8) is 0 Å². The third-order valence-corrected chi connectivity index (χ3v) is 5.66. The van der Waals surface area contributed by atoms with E-state index < -0.39 is 4.92 Å². The molecule has 0 bridgehead atoms. The number of nitro benzene ring substituents is 1. The summed E-state index contributed by atoms with van der Waals surface area (Å²) in [5.41, 5.74) is 1.16. The zero-order valence-corrected chi connectivity index (χ0v) is 16.1. The lowest BCUT2D eigenvalue weighted by Gasteiger charge is -2.07. The van der Waals surface area contributed by atoms with E-state index in [0.29, 0.717) is 10.8 Å². The van der Waals surface area contributed by atoms with Crippen LogP contribution in [0.5, 0.6) is 0 Å². The van der Waals surface area contributed by atoms with Gasteiger partial charge in [0.1, 0.15) is 5.82 Å². The molecule has 1 amide bonds. The van der Waals surface area contributed by atoms with Gasteiger partial charge in [-0.2, -0.15) is 0 Å². The number of carbonyl (C=O) groups excluding carboxylic acids is 1. The van der Waals surface area contributed by atoms with Crippen LogP contribution in [0.4, 0.5) is 11.4 Å². The summed E-state index contributed by atoms with van der Waals surface area (Å²) in [6, 6.07) is 4.40. The summed E-state index contributed by atoms with van der Waals surface area (Å²) < 4.78 is 0. The summed E-state index contributed by atoms with van der Waals surface area (Å²) in [5, 5.41) is 21.2. The van der Waals surface area contributed by atoms with Crippen molar-refractivity contribution >= 4 is 29.0 Å². The number of aromatic amines is 1. The van der Waals surface area contributed by atoms with Crippen LogP contribution in [0.3, 0.4) is 0 Å². The van der Waals surface area contributed by atoms with Crippen molar-refractivity contribution in [1.29, 1.82) is 0 Å². The molecule has 1 saturated carbocycles. The van der Waals surface area contributed by atoms with E-state index in [1.54, 1.807) is 13.0 Å². The van der Waals surface area contributed by atoms with E-state index in [4.69, 9.17) is 0 Å². The van der Waals surface area contributed by atoms with E-state index in [-0.39, 0.29) is 17.3 Å². The summed E-state index contributed by atoms with van der Waals surface area (Å²) in [6.07, 6.45) is 7.31. The maximum atomic E-state index is 12.2. The van der Waals surface area contributed by atoms with Gasteiger partial charge in [0.25, 0.3) is 5.69 Å². The molecule has 27 heavy (non-hydrogen) atoms. The lowest BCUT2D eigenvalue weighted by atomic mass is 10.0. The van der Waals surface area contributed by atoms with Crippen LogP contribution >= 0.6 is 11.8 Å². The van der Waals surface area contributed by atoms with E-state index >= 15 is 0 Å². The Balaban J connectivity index is 1.48. The van der Waals surface area contributed by atoms with Gasteiger partial charge in [-0.05, 0) is 24.8 Å². The second kappa shape index (κ2) is 8.98. The second-order valence-corrected chi connectivity index (χ2v) is 7.79. The minimum Gasteiger partial charge on any atom is -0.325 e. The number of thioether (sulfide) groups is 1. The normalized spacial score (nSPS) is 14.4. The molecule has 0 atom stereocenters. The Morgan fingerprint density at radius 2 is 2.19 bits per heavy atom. The van der Waals surface area contributed by atoms with E-state index in [9.17, 15) is 14.9 Å². The molecule has 9 heteroatoms. The number of H-pyrrole nitrogens is 1. The molecule has 0 aliphatic heterocycles. The van der Waals surface area contributed by atoms with E-state index in [1.807, 2.05) is 0 Å². The van der Waals surface area contributed by atoms with Crippen LogP contribution in [-0.4, -0.2) is 31.8 Å². The predicted octanol–water partition coefficient (Wildman–Crippen LogP) is 3.87. The molecule has 0 spiro atoms. The average Bonchev–Trinajstić information content (AvgIpc) is 3.31. The molecule has 1 fully saturated rings. The number of benzene rings is 1. The smallest absolute Gasteiger partial charge is 0.271 e. The Morgan fingerprint density at radius 3 is 2.93 bits per heavy atom. The molecule has 0 unspecified atom stereocenters.